The first-order valence-corrected chi connectivity index (χ1v) is 7.29. The lowest BCUT2D eigenvalue weighted by Gasteiger charge is -2.17. The summed E-state index contributed by atoms with van der Waals surface area (Å²) in [7, 11) is 0. The van der Waals surface area contributed by atoms with Crippen LogP contribution in [-0.4, -0.2) is 18.1 Å². The predicted molar refractivity (Wildman–Crippen MR) is 84.5 cm³/mol. The van der Waals surface area contributed by atoms with E-state index in [0.717, 1.165) is 22.6 Å². The van der Waals surface area contributed by atoms with Crippen molar-refractivity contribution >= 4 is 27.8 Å². The lowest BCUT2D eigenvalue weighted by molar-refractivity contribution is -0.0163. The Kier molecular flexibility index (Phi) is 3.94. The SMILES string of the molecule is Cc1cc(Br)c(O)c(C=Nc2ccc3c(c2)COCO3)c1. The summed E-state index contributed by atoms with van der Waals surface area (Å²) in [6.45, 7) is 2.79. The molecule has 5 heteroatoms. The third-order valence-corrected chi connectivity index (χ3v) is 3.79. The molecule has 1 N–H and O–H groups in total. The van der Waals surface area contributed by atoms with E-state index in [-0.39, 0.29) is 5.75 Å². The van der Waals surface area contributed by atoms with E-state index in [1.165, 1.54) is 0 Å². The number of halogens is 1. The summed E-state index contributed by atoms with van der Waals surface area (Å²) in [4.78, 5) is 4.41. The number of phenolic OH excluding ortho intramolecular Hbond substituents is 1. The second-order valence-electron chi connectivity index (χ2n) is 4.85. The summed E-state index contributed by atoms with van der Waals surface area (Å²) >= 11 is 3.33. The molecule has 0 aliphatic carbocycles. The molecule has 2 aromatic carbocycles. The van der Waals surface area contributed by atoms with Gasteiger partial charge in [0.15, 0.2) is 6.79 Å². The Balaban J connectivity index is 1.89. The van der Waals surface area contributed by atoms with E-state index >= 15 is 0 Å². The van der Waals surface area contributed by atoms with Gasteiger partial charge in [-0.3, -0.25) is 4.99 Å². The number of phenols is 1. The molecule has 0 radical (unpaired) electrons. The topological polar surface area (TPSA) is 51.1 Å². The van der Waals surface area contributed by atoms with Gasteiger partial charge in [-0.15, -0.1) is 0 Å². The van der Waals surface area contributed by atoms with Crippen molar-refractivity contribution in [2.75, 3.05) is 6.79 Å². The van der Waals surface area contributed by atoms with Gasteiger partial charge in [0.2, 0.25) is 0 Å². The Morgan fingerprint density at radius 3 is 3.00 bits per heavy atom. The van der Waals surface area contributed by atoms with Crippen molar-refractivity contribution in [1.29, 1.82) is 0 Å². The Morgan fingerprint density at radius 1 is 1.29 bits per heavy atom. The molecule has 0 bridgehead atoms. The molecule has 0 aromatic heterocycles. The van der Waals surface area contributed by atoms with Crippen LogP contribution in [0.15, 0.2) is 39.8 Å². The molecular weight excluding hydrogens is 334 g/mol. The molecule has 1 aliphatic rings. The molecule has 1 aliphatic heterocycles. The number of aryl methyl sites for hydroxylation is 1. The molecular formula is C16H14BrNO3. The van der Waals surface area contributed by atoms with Crippen LogP contribution in [0.3, 0.4) is 0 Å². The van der Waals surface area contributed by atoms with Crippen molar-refractivity contribution in [3.8, 4) is 11.5 Å². The average molecular weight is 348 g/mol. The normalized spacial score (nSPS) is 14.0. The number of ether oxygens (including phenoxy) is 2. The fraction of sp³-hybridized carbons (Fsp3) is 0.188. The molecule has 1 heterocycles. The summed E-state index contributed by atoms with van der Waals surface area (Å²) in [5.41, 5.74) is 3.49. The molecule has 4 nitrogen and oxygen atoms in total. The fourth-order valence-corrected chi connectivity index (χ4v) is 2.75. The van der Waals surface area contributed by atoms with Gasteiger partial charge in [-0.05, 0) is 58.7 Å². The largest absolute Gasteiger partial charge is 0.506 e. The number of hydrogen-bond donors (Lipinski definition) is 1. The highest BCUT2D eigenvalue weighted by Crippen LogP contribution is 2.30. The minimum Gasteiger partial charge on any atom is -0.506 e. The number of rotatable bonds is 2. The van der Waals surface area contributed by atoms with Gasteiger partial charge in [0.05, 0.1) is 16.8 Å². The van der Waals surface area contributed by atoms with Crippen LogP contribution in [0.4, 0.5) is 5.69 Å². The molecule has 0 fully saturated rings. The Labute approximate surface area is 131 Å². The maximum atomic E-state index is 10.0. The number of hydrogen-bond acceptors (Lipinski definition) is 4. The van der Waals surface area contributed by atoms with Crippen molar-refractivity contribution < 1.29 is 14.6 Å². The Hall–Kier alpha value is -1.85. The molecule has 0 atom stereocenters. The van der Waals surface area contributed by atoms with Crippen molar-refractivity contribution in [1.82, 2.24) is 0 Å². The summed E-state index contributed by atoms with van der Waals surface area (Å²) in [6, 6.07) is 9.43. The second kappa shape index (κ2) is 5.87. The van der Waals surface area contributed by atoms with Gasteiger partial charge >= 0.3 is 0 Å². The first-order chi connectivity index (χ1) is 10.1. The predicted octanol–water partition coefficient (Wildman–Crippen LogP) is 4.08. The standard InChI is InChI=1S/C16H14BrNO3/c1-10-4-11(16(19)14(17)5-10)7-18-13-2-3-15-12(6-13)8-20-9-21-15/h2-7,19H,8-9H2,1H3. The molecule has 3 rings (SSSR count). The molecule has 0 saturated carbocycles. The third kappa shape index (κ3) is 3.09. The summed E-state index contributed by atoms with van der Waals surface area (Å²) in [6.07, 6.45) is 1.65. The maximum Gasteiger partial charge on any atom is 0.189 e. The van der Waals surface area contributed by atoms with E-state index in [9.17, 15) is 5.11 Å². The first kappa shape index (κ1) is 14.1. The quantitative estimate of drug-likeness (QED) is 0.832. The van der Waals surface area contributed by atoms with Crippen molar-refractivity contribution in [3.05, 3.63) is 51.5 Å². The van der Waals surface area contributed by atoms with Gasteiger partial charge in [-0.1, -0.05) is 0 Å². The van der Waals surface area contributed by atoms with Gasteiger partial charge in [-0.2, -0.15) is 0 Å². The summed E-state index contributed by atoms with van der Waals surface area (Å²) < 4.78 is 11.3. The van der Waals surface area contributed by atoms with Crippen LogP contribution >= 0.6 is 15.9 Å². The van der Waals surface area contributed by atoms with E-state index in [2.05, 4.69) is 20.9 Å². The highest BCUT2D eigenvalue weighted by atomic mass is 79.9. The average Bonchev–Trinajstić information content (AvgIpc) is 2.49. The third-order valence-electron chi connectivity index (χ3n) is 3.19. The monoisotopic (exact) mass is 347 g/mol. The van der Waals surface area contributed by atoms with Gasteiger partial charge in [0, 0.05) is 17.3 Å². The maximum absolute atomic E-state index is 10.0. The smallest absolute Gasteiger partial charge is 0.189 e. The minimum absolute atomic E-state index is 0.189. The minimum atomic E-state index is 0.189. The van der Waals surface area contributed by atoms with E-state index in [1.807, 2.05) is 37.3 Å². The van der Waals surface area contributed by atoms with Crippen LogP contribution in [0.1, 0.15) is 16.7 Å². The van der Waals surface area contributed by atoms with Crippen LogP contribution < -0.4 is 4.74 Å². The molecule has 21 heavy (non-hydrogen) atoms. The van der Waals surface area contributed by atoms with Crippen LogP contribution in [0.2, 0.25) is 0 Å². The first-order valence-electron chi connectivity index (χ1n) is 6.50. The lowest BCUT2D eigenvalue weighted by atomic mass is 10.1. The number of aromatic hydroxyl groups is 1. The molecule has 0 amide bonds. The number of aliphatic imine (C=N–C) groups is 1. The highest BCUT2D eigenvalue weighted by Gasteiger charge is 2.10. The van der Waals surface area contributed by atoms with E-state index < -0.39 is 0 Å². The van der Waals surface area contributed by atoms with E-state index in [4.69, 9.17) is 9.47 Å². The Bertz CT molecular complexity index is 713. The second-order valence-corrected chi connectivity index (χ2v) is 5.70. The zero-order valence-corrected chi connectivity index (χ0v) is 13.1. The molecule has 2 aromatic rings. The van der Waals surface area contributed by atoms with Crippen LogP contribution in [-0.2, 0) is 11.3 Å². The highest BCUT2D eigenvalue weighted by molar-refractivity contribution is 9.10. The van der Waals surface area contributed by atoms with E-state index in [1.54, 1.807) is 6.21 Å². The van der Waals surface area contributed by atoms with E-state index in [0.29, 0.717) is 23.4 Å². The van der Waals surface area contributed by atoms with Crippen molar-refractivity contribution in [3.63, 3.8) is 0 Å². The molecule has 0 unspecified atom stereocenters. The fourth-order valence-electron chi connectivity index (χ4n) is 2.16. The van der Waals surface area contributed by atoms with Gasteiger partial charge in [0.25, 0.3) is 0 Å². The number of nitrogens with zero attached hydrogens (tertiary/aromatic N) is 1. The van der Waals surface area contributed by atoms with Gasteiger partial charge in [-0.25, -0.2) is 0 Å². The zero-order chi connectivity index (χ0) is 14.8. The van der Waals surface area contributed by atoms with Gasteiger partial charge in [0.1, 0.15) is 11.5 Å². The Morgan fingerprint density at radius 2 is 2.14 bits per heavy atom. The van der Waals surface area contributed by atoms with Gasteiger partial charge < -0.3 is 14.6 Å². The summed E-state index contributed by atoms with van der Waals surface area (Å²) in [5, 5.41) is 10.0. The molecule has 0 spiro atoms. The lowest BCUT2D eigenvalue weighted by Crippen LogP contribution is -2.10. The van der Waals surface area contributed by atoms with Crippen LogP contribution in [0, 0.1) is 6.92 Å². The van der Waals surface area contributed by atoms with Crippen LogP contribution in [0.5, 0.6) is 11.5 Å². The molecule has 0 saturated heterocycles. The molecule has 108 valence electrons. The van der Waals surface area contributed by atoms with Crippen molar-refractivity contribution in [2.45, 2.75) is 13.5 Å². The summed E-state index contributed by atoms with van der Waals surface area (Å²) in [5.74, 6) is 1.02. The van der Waals surface area contributed by atoms with Crippen LogP contribution in [0.25, 0.3) is 0 Å². The number of fused-ring (bicyclic) bond motifs is 1. The van der Waals surface area contributed by atoms with Crippen molar-refractivity contribution in [2.24, 2.45) is 4.99 Å². The number of benzene rings is 2. The zero-order valence-electron chi connectivity index (χ0n) is 11.5.